The van der Waals surface area contributed by atoms with Gasteiger partial charge in [-0.25, -0.2) is 4.98 Å². The van der Waals surface area contributed by atoms with Gasteiger partial charge < -0.3 is 11.1 Å². The maximum Gasteiger partial charge on any atom is 0.153 e. The normalized spacial score (nSPS) is 10.2. The standard InChI is InChI=1S/C13H15N3S/c1-9-6-12(14)13(15-8-9)16-10-4-3-5-11(7-10)17-2/h3-8H,14H2,1-2H3,(H,15,16). The summed E-state index contributed by atoms with van der Waals surface area (Å²) in [5.41, 5.74) is 8.64. The monoisotopic (exact) mass is 245 g/mol. The number of pyridine rings is 1. The molecule has 3 nitrogen and oxygen atoms in total. The Morgan fingerprint density at radius 2 is 2.12 bits per heavy atom. The summed E-state index contributed by atoms with van der Waals surface area (Å²) in [7, 11) is 0. The molecule has 4 heteroatoms. The van der Waals surface area contributed by atoms with Crippen LogP contribution in [-0.4, -0.2) is 11.2 Å². The number of aromatic nitrogens is 1. The van der Waals surface area contributed by atoms with Gasteiger partial charge in [-0.2, -0.15) is 0 Å². The van der Waals surface area contributed by atoms with Crippen molar-refractivity contribution in [3.05, 3.63) is 42.1 Å². The first-order chi connectivity index (χ1) is 8.19. The van der Waals surface area contributed by atoms with Crippen LogP contribution in [0.1, 0.15) is 5.56 Å². The number of rotatable bonds is 3. The molecule has 0 unspecified atom stereocenters. The van der Waals surface area contributed by atoms with Gasteiger partial charge in [0.05, 0.1) is 5.69 Å². The average molecular weight is 245 g/mol. The molecule has 1 aromatic heterocycles. The van der Waals surface area contributed by atoms with Crippen LogP contribution in [-0.2, 0) is 0 Å². The lowest BCUT2D eigenvalue weighted by molar-refractivity contribution is 1.26. The molecule has 0 saturated heterocycles. The summed E-state index contributed by atoms with van der Waals surface area (Å²) in [6, 6.07) is 10.1. The Labute approximate surface area is 105 Å². The number of nitrogens with one attached hydrogen (secondary N) is 1. The molecular formula is C13H15N3S. The molecule has 1 heterocycles. The predicted octanol–water partition coefficient (Wildman–Crippen LogP) is 3.44. The van der Waals surface area contributed by atoms with Gasteiger partial charge in [0.25, 0.3) is 0 Å². The van der Waals surface area contributed by atoms with Crippen LogP contribution < -0.4 is 11.1 Å². The predicted molar refractivity (Wildman–Crippen MR) is 74.9 cm³/mol. The molecule has 2 aromatic rings. The van der Waals surface area contributed by atoms with Crippen molar-refractivity contribution in [2.24, 2.45) is 0 Å². The van der Waals surface area contributed by atoms with E-state index >= 15 is 0 Å². The first-order valence-corrected chi connectivity index (χ1v) is 6.54. The second-order valence-electron chi connectivity index (χ2n) is 3.81. The zero-order valence-electron chi connectivity index (χ0n) is 9.90. The molecule has 3 N–H and O–H groups in total. The number of nitrogen functional groups attached to an aromatic ring is 1. The number of nitrogens with zero attached hydrogens (tertiary/aromatic N) is 1. The van der Waals surface area contributed by atoms with Crippen LogP contribution in [0.2, 0.25) is 0 Å². The summed E-state index contributed by atoms with van der Waals surface area (Å²) in [6.45, 7) is 1.97. The third kappa shape index (κ3) is 2.91. The molecule has 0 saturated carbocycles. The van der Waals surface area contributed by atoms with E-state index in [-0.39, 0.29) is 0 Å². The Balaban J connectivity index is 2.25. The molecule has 0 bridgehead atoms. The lowest BCUT2D eigenvalue weighted by Gasteiger charge is -2.09. The van der Waals surface area contributed by atoms with Crippen LogP contribution in [0, 0.1) is 6.92 Å². The van der Waals surface area contributed by atoms with Crippen molar-refractivity contribution in [2.75, 3.05) is 17.3 Å². The Morgan fingerprint density at radius 1 is 1.29 bits per heavy atom. The van der Waals surface area contributed by atoms with Gasteiger partial charge in [0.15, 0.2) is 5.82 Å². The van der Waals surface area contributed by atoms with Crippen LogP contribution in [0.25, 0.3) is 0 Å². The average Bonchev–Trinajstić information content (AvgIpc) is 2.33. The third-order valence-corrected chi connectivity index (χ3v) is 3.11. The Bertz CT molecular complexity index is 526. The van der Waals surface area contributed by atoms with E-state index in [0.29, 0.717) is 11.5 Å². The molecule has 0 aliphatic heterocycles. The van der Waals surface area contributed by atoms with Gasteiger partial charge in [-0.3, -0.25) is 0 Å². The SMILES string of the molecule is CSc1cccc(Nc2ncc(C)cc2N)c1. The molecule has 0 atom stereocenters. The maximum absolute atomic E-state index is 5.91. The fourth-order valence-electron chi connectivity index (χ4n) is 1.53. The van der Waals surface area contributed by atoms with Crippen molar-refractivity contribution in [1.29, 1.82) is 0 Å². The zero-order chi connectivity index (χ0) is 12.3. The van der Waals surface area contributed by atoms with Crippen molar-refractivity contribution >= 4 is 29.0 Å². The summed E-state index contributed by atoms with van der Waals surface area (Å²) in [5.74, 6) is 0.703. The van der Waals surface area contributed by atoms with Crippen LogP contribution in [0.3, 0.4) is 0 Å². The molecule has 0 radical (unpaired) electrons. The Hall–Kier alpha value is -1.68. The van der Waals surface area contributed by atoms with Gasteiger partial charge in [-0.15, -0.1) is 11.8 Å². The highest BCUT2D eigenvalue weighted by molar-refractivity contribution is 7.98. The highest BCUT2D eigenvalue weighted by Gasteiger charge is 2.02. The van der Waals surface area contributed by atoms with E-state index in [9.17, 15) is 0 Å². The van der Waals surface area contributed by atoms with Crippen molar-refractivity contribution in [2.45, 2.75) is 11.8 Å². The first-order valence-electron chi connectivity index (χ1n) is 5.32. The van der Waals surface area contributed by atoms with E-state index in [1.807, 2.05) is 25.1 Å². The van der Waals surface area contributed by atoms with Gasteiger partial charge >= 0.3 is 0 Å². The van der Waals surface area contributed by atoms with Crippen LogP contribution >= 0.6 is 11.8 Å². The summed E-state index contributed by atoms with van der Waals surface area (Å²) < 4.78 is 0. The molecule has 0 fully saturated rings. The number of benzene rings is 1. The molecule has 0 amide bonds. The summed E-state index contributed by atoms with van der Waals surface area (Å²) in [6.07, 6.45) is 3.86. The molecule has 0 aliphatic rings. The molecule has 1 aromatic carbocycles. The van der Waals surface area contributed by atoms with Crippen LogP contribution in [0.5, 0.6) is 0 Å². The molecule has 2 rings (SSSR count). The molecular weight excluding hydrogens is 230 g/mol. The molecule has 0 aliphatic carbocycles. The van der Waals surface area contributed by atoms with E-state index < -0.39 is 0 Å². The van der Waals surface area contributed by atoms with Gasteiger partial charge in [-0.1, -0.05) is 6.07 Å². The van der Waals surface area contributed by atoms with Crippen molar-refractivity contribution in [3.8, 4) is 0 Å². The number of nitrogens with two attached hydrogens (primary N) is 1. The summed E-state index contributed by atoms with van der Waals surface area (Å²) in [5, 5.41) is 3.22. The second kappa shape index (κ2) is 5.10. The van der Waals surface area contributed by atoms with E-state index in [2.05, 4.69) is 28.7 Å². The van der Waals surface area contributed by atoms with Gasteiger partial charge in [0.1, 0.15) is 0 Å². The largest absolute Gasteiger partial charge is 0.396 e. The van der Waals surface area contributed by atoms with E-state index in [0.717, 1.165) is 11.3 Å². The summed E-state index contributed by atoms with van der Waals surface area (Å²) in [4.78, 5) is 5.49. The Kier molecular flexibility index (Phi) is 3.54. The van der Waals surface area contributed by atoms with E-state index in [1.165, 1.54) is 4.90 Å². The van der Waals surface area contributed by atoms with Crippen molar-refractivity contribution < 1.29 is 0 Å². The van der Waals surface area contributed by atoms with Gasteiger partial charge in [0, 0.05) is 16.8 Å². The number of aryl methyl sites for hydroxylation is 1. The maximum atomic E-state index is 5.91. The third-order valence-electron chi connectivity index (χ3n) is 2.39. The minimum absolute atomic E-state index is 0.666. The van der Waals surface area contributed by atoms with Crippen LogP contribution in [0.4, 0.5) is 17.2 Å². The lowest BCUT2D eigenvalue weighted by Crippen LogP contribution is -1.99. The second-order valence-corrected chi connectivity index (χ2v) is 4.69. The van der Waals surface area contributed by atoms with Crippen molar-refractivity contribution in [1.82, 2.24) is 4.98 Å². The topological polar surface area (TPSA) is 50.9 Å². The van der Waals surface area contributed by atoms with Gasteiger partial charge in [-0.05, 0) is 43.0 Å². The smallest absolute Gasteiger partial charge is 0.153 e. The molecule has 88 valence electrons. The fraction of sp³-hybridized carbons (Fsp3) is 0.154. The minimum atomic E-state index is 0.666. The molecule has 0 spiro atoms. The van der Waals surface area contributed by atoms with Crippen LogP contribution in [0.15, 0.2) is 41.4 Å². The van der Waals surface area contributed by atoms with E-state index in [4.69, 9.17) is 5.73 Å². The zero-order valence-corrected chi connectivity index (χ0v) is 10.7. The molecule has 17 heavy (non-hydrogen) atoms. The number of hydrogen-bond acceptors (Lipinski definition) is 4. The highest BCUT2D eigenvalue weighted by atomic mass is 32.2. The van der Waals surface area contributed by atoms with E-state index in [1.54, 1.807) is 18.0 Å². The van der Waals surface area contributed by atoms with Crippen molar-refractivity contribution in [3.63, 3.8) is 0 Å². The quantitative estimate of drug-likeness (QED) is 0.813. The number of thioether (sulfide) groups is 1. The van der Waals surface area contributed by atoms with Gasteiger partial charge in [0.2, 0.25) is 0 Å². The lowest BCUT2D eigenvalue weighted by atomic mass is 10.2. The highest BCUT2D eigenvalue weighted by Crippen LogP contribution is 2.24. The Morgan fingerprint density at radius 3 is 2.82 bits per heavy atom. The fourth-order valence-corrected chi connectivity index (χ4v) is 1.99. The first kappa shape index (κ1) is 11.8. The number of hydrogen-bond donors (Lipinski definition) is 2. The summed E-state index contributed by atoms with van der Waals surface area (Å²) >= 11 is 1.71. The minimum Gasteiger partial charge on any atom is -0.396 e. The number of anilines is 3.